The number of hydrogen-bond donors (Lipinski definition) is 1. The first-order valence-corrected chi connectivity index (χ1v) is 12.5. The molecule has 2 N–H and O–H groups in total. The molecule has 5 rings (SSSR count). The van der Waals surface area contributed by atoms with Gasteiger partial charge in [0.1, 0.15) is 18.6 Å². The summed E-state index contributed by atoms with van der Waals surface area (Å²) >= 11 is 0. The van der Waals surface area contributed by atoms with E-state index >= 15 is 0 Å². The van der Waals surface area contributed by atoms with Crippen LogP contribution in [0.25, 0.3) is 0 Å². The maximum Gasteiger partial charge on any atom is 0.261 e. The molecule has 0 spiro atoms. The summed E-state index contributed by atoms with van der Waals surface area (Å²) in [6.45, 7) is 2.83. The van der Waals surface area contributed by atoms with Gasteiger partial charge in [-0.15, -0.1) is 0 Å². The summed E-state index contributed by atoms with van der Waals surface area (Å²) in [6, 6.07) is 13.9. The Morgan fingerprint density at radius 2 is 2.00 bits per heavy atom. The van der Waals surface area contributed by atoms with Crippen LogP contribution < -0.4 is 5.14 Å². The van der Waals surface area contributed by atoms with E-state index < -0.39 is 10.0 Å². The van der Waals surface area contributed by atoms with E-state index in [0.717, 1.165) is 37.1 Å². The Hall–Kier alpha value is -2.39. The molecule has 2 aromatic carbocycles. The quantitative estimate of drug-likeness (QED) is 0.681. The molecule has 2 aliphatic heterocycles. The summed E-state index contributed by atoms with van der Waals surface area (Å²) in [4.78, 5) is 6.56. The molecule has 3 aliphatic rings. The Bertz CT molecular complexity index is 1220. The maximum absolute atomic E-state index is 13.8. The normalized spacial score (nSPS) is 27.3. The average Bonchev–Trinajstić information content (AvgIpc) is 3.22. The molecule has 0 aromatic heterocycles. The molecule has 1 saturated heterocycles. The van der Waals surface area contributed by atoms with E-state index in [1.54, 1.807) is 24.7 Å². The number of hydrogen-bond acceptors (Lipinski definition) is 4. The van der Waals surface area contributed by atoms with Crippen LogP contribution in [0.4, 0.5) is 4.39 Å². The SMILES string of the molecule is C[N+]1(Cc2ccc3c(c2)C(Cc2cccc(F)c2)C(N2CCC2)C3)C=NC(S(N)(=O)=O)=C1. The molecule has 6 nitrogen and oxygen atoms in total. The van der Waals surface area contributed by atoms with E-state index in [1.807, 2.05) is 13.1 Å². The van der Waals surface area contributed by atoms with Crippen molar-refractivity contribution in [2.24, 2.45) is 10.1 Å². The van der Waals surface area contributed by atoms with Crippen LogP contribution in [0, 0.1) is 5.82 Å². The number of quaternary nitrogens is 1. The van der Waals surface area contributed by atoms with Gasteiger partial charge in [0.2, 0.25) is 5.03 Å². The fourth-order valence-electron chi connectivity index (χ4n) is 5.20. The van der Waals surface area contributed by atoms with E-state index in [4.69, 9.17) is 5.14 Å². The van der Waals surface area contributed by atoms with Gasteiger partial charge in [-0.1, -0.05) is 24.3 Å². The zero-order chi connectivity index (χ0) is 22.5. The fourth-order valence-corrected chi connectivity index (χ4v) is 5.78. The number of nitrogens with two attached hydrogens (primary N) is 1. The van der Waals surface area contributed by atoms with Crippen molar-refractivity contribution < 1.29 is 17.3 Å². The van der Waals surface area contributed by atoms with Crippen molar-refractivity contribution in [1.29, 1.82) is 0 Å². The summed E-state index contributed by atoms with van der Waals surface area (Å²) in [6.07, 6.45) is 6.24. The van der Waals surface area contributed by atoms with Gasteiger partial charge in [-0.05, 0) is 67.2 Å². The molecule has 0 amide bonds. The predicted molar refractivity (Wildman–Crippen MR) is 123 cm³/mol. The van der Waals surface area contributed by atoms with E-state index in [1.165, 1.54) is 23.6 Å². The molecule has 1 fully saturated rings. The van der Waals surface area contributed by atoms with Crippen LogP contribution in [-0.2, 0) is 29.4 Å². The van der Waals surface area contributed by atoms with Gasteiger partial charge >= 0.3 is 0 Å². The molecule has 2 aromatic rings. The number of likely N-dealkylation sites (tertiary alicyclic amines) is 1. The minimum atomic E-state index is -3.82. The van der Waals surface area contributed by atoms with Gasteiger partial charge in [0.25, 0.3) is 10.0 Å². The van der Waals surface area contributed by atoms with Gasteiger partial charge in [-0.25, -0.2) is 17.9 Å². The number of benzene rings is 2. The molecule has 32 heavy (non-hydrogen) atoms. The molecule has 1 aliphatic carbocycles. The number of nitrogens with zero attached hydrogens (tertiary/aromatic N) is 3. The molecule has 2 heterocycles. The second-order valence-corrected chi connectivity index (χ2v) is 10.9. The minimum Gasteiger partial charge on any atom is -0.299 e. The number of rotatable bonds is 6. The smallest absolute Gasteiger partial charge is 0.261 e. The van der Waals surface area contributed by atoms with E-state index in [2.05, 4.69) is 28.1 Å². The van der Waals surface area contributed by atoms with E-state index in [-0.39, 0.29) is 15.3 Å². The number of sulfonamides is 1. The van der Waals surface area contributed by atoms with Gasteiger partial charge in [-0.3, -0.25) is 9.38 Å². The molecule has 0 bridgehead atoms. The third-order valence-electron chi connectivity index (χ3n) is 6.88. The second-order valence-electron chi connectivity index (χ2n) is 9.40. The van der Waals surface area contributed by atoms with Gasteiger partial charge in [0, 0.05) is 17.5 Å². The second kappa shape index (κ2) is 7.88. The van der Waals surface area contributed by atoms with Gasteiger partial charge in [-0.2, -0.15) is 4.99 Å². The summed E-state index contributed by atoms with van der Waals surface area (Å²) < 4.78 is 37.4. The first-order valence-electron chi connectivity index (χ1n) is 11.0. The average molecular weight is 456 g/mol. The fraction of sp³-hybridized carbons (Fsp3) is 0.375. The molecule has 168 valence electrons. The van der Waals surface area contributed by atoms with Crippen LogP contribution in [0.2, 0.25) is 0 Å². The largest absolute Gasteiger partial charge is 0.299 e. The van der Waals surface area contributed by atoms with Crippen molar-refractivity contribution in [3.8, 4) is 0 Å². The lowest BCUT2D eigenvalue weighted by Crippen LogP contribution is -2.47. The minimum absolute atomic E-state index is 0.0945. The van der Waals surface area contributed by atoms with E-state index in [0.29, 0.717) is 18.5 Å². The molecule has 3 atom stereocenters. The zero-order valence-corrected chi connectivity index (χ0v) is 18.9. The third-order valence-corrected chi connectivity index (χ3v) is 7.67. The third kappa shape index (κ3) is 4.15. The summed E-state index contributed by atoms with van der Waals surface area (Å²) in [5, 5.41) is 5.15. The highest BCUT2D eigenvalue weighted by atomic mass is 32.2. The molecule has 0 saturated carbocycles. The van der Waals surface area contributed by atoms with Crippen LogP contribution in [0.5, 0.6) is 0 Å². The highest BCUT2D eigenvalue weighted by Crippen LogP contribution is 2.41. The highest BCUT2D eigenvalue weighted by molar-refractivity contribution is 7.93. The van der Waals surface area contributed by atoms with Crippen molar-refractivity contribution >= 4 is 16.4 Å². The van der Waals surface area contributed by atoms with Crippen LogP contribution >= 0.6 is 0 Å². The topological polar surface area (TPSA) is 75.8 Å². The first-order chi connectivity index (χ1) is 15.2. The van der Waals surface area contributed by atoms with Crippen molar-refractivity contribution in [3.05, 3.63) is 81.8 Å². The molecule has 0 radical (unpaired) electrons. The van der Waals surface area contributed by atoms with E-state index in [9.17, 15) is 12.8 Å². The van der Waals surface area contributed by atoms with Crippen molar-refractivity contribution in [2.75, 3.05) is 20.1 Å². The number of halogens is 1. The number of aliphatic imine (C=N–C) groups is 1. The lowest BCUT2D eigenvalue weighted by atomic mass is 9.88. The standard InChI is InChI=1S/C24H28FN4O2S/c1-29(15-24(27-16-29)32(26,30)31)14-18-6-7-19-13-23(28-8-3-9-28)22(21(19)12-18)11-17-4-2-5-20(25)10-17/h2,4-7,10,12,15-16,22-23H,3,8-9,11,13-14H2,1H3,(H2,26,30,31)/q+1. The van der Waals surface area contributed by atoms with Gasteiger partial charge < -0.3 is 0 Å². The highest BCUT2D eigenvalue weighted by Gasteiger charge is 2.39. The van der Waals surface area contributed by atoms with Crippen molar-refractivity contribution in [3.63, 3.8) is 0 Å². The summed E-state index contributed by atoms with van der Waals surface area (Å²) in [7, 11) is -1.92. The number of primary sulfonamides is 1. The van der Waals surface area contributed by atoms with Crippen LogP contribution in [0.3, 0.4) is 0 Å². The Labute approximate surface area is 188 Å². The monoisotopic (exact) mass is 455 g/mol. The molecular weight excluding hydrogens is 427 g/mol. The Morgan fingerprint density at radius 3 is 2.66 bits per heavy atom. The Morgan fingerprint density at radius 1 is 1.19 bits per heavy atom. The molecular formula is C24H28FN4O2S+. The lowest BCUT2D eigenvalue weighted by Gasteiger charge is -2.39. The Kier molecular flexibility index (Phi) is 5.28. The van der Waals surface area contributed by atoms with Crippen LogP contribution in [0.1, 0.15) is 34.6 Å². The van der Waals surface area contributed by atoms with Gasteiger partial charge in [0.15, 0.2) is 6.34 Å². The number of fused-ring (bicyclic) bond motifs is 1. The van der Waals surface area contributed by atoms with Crippen LogP contribution in [-0.4, -0.2) is 50.3 Å². The molecule has 3 unspecified atom stereocenters. The summed E-state index contributed by atoms with van der Waals surface area (Å²) in [5.74, 6) is 0.110. The lowest BCUT2D eigenvalue weighted by molar-refractivity contribution is -0.771. The van der Waals surface area contributed by atoms with Crippen molar-refractivity contribution in [2.45, 2.75) is 37.8 Å². The maximum atomic E-state index is 13.8. The van der Waals surface area contributed by atoms with Crippen LogP contribution in [0.15, 0.2) is 58.7 Å². The Balaban J connectivity index is 1.44. The summed E-state index contributed by atoms with van der Waals surface area (Å²) in [5.41, 5.74) is 4.80. The van der Waals surface area contributed by atoms with Gasteiger partial charge in [0.05, 0.1) is 7.05 Å². The zero-order valence-electron chi connectivity index (χ0n) is 18.1. The van der Waals surface area contributed by atoms with Crippen molar-refractivity contribution in [1.82, 2.24) is 4.90 Å². The molecule has 8 heteroatoms. The first kappa shape index (κ1) is 21.5. The predicted octanol–water partition coefficient (Wildman–Crippen LogP) is 2.86.